The molecule has 0 bridgehead atoms. The van der Waals surface area contributed by atoms with Gasteiger partial charge in [-0.3, -0.25) is 14.9 Å². The Morgan fingerprint density at radius 2 is 1.98 bits per heavy atom. The lowest BCUT2D eigenvalue weighted by molar-refractivity contribution is 0.102. The third-order valence-electron chi connectivity index (χ3n) is 6.59. The van der Waals surface area contributed by atoms with Crippen molar-refractivity contribution in [2.45, 2.75) is 40.3 Å². The van der Waals surface area contributed by atoms with Crippen LogP contribution in [0.1, 0.15) is 43.8 Å². The van der Waals surface area contributed by atoms with E-state index in [-0.39, 0.29) is 11.2 Å². The van der Waals surface area contributed by atoms with Crippen molar-refractivity contribution in [3.8, 4) is 33.1 Å². The molecule has 6 aromatic rings. The van der Waals surface area contributed by atoms with Crippen LogP contribution in [0.5, 0.6) is 0 Å². The van der Waals surface area contributed by atoms with E-state index >= 15 is 0 Å². The van der Waals surface area contributed by atoms with Crippen LogP contribution in [0.25, 0.3) is 55.2 Å². The molecule has 4 N–H and O–H groups in total. The first kappa shape index (κ1) is 25.8. The zero-order valence-electron chi connectivity index (χ0n) is 22.6. The molecule has 0 radical (unpaired) electrons. The van der Waals surface area contributed by atoms with Gasteiger partial charge in [-0.2, -0.15) is 5.10 Å². The van der Waals surface area contributed by atoms with Gasteiger partial charge in [0.2, 0.25) is 0 Å². The van der Waals surface area contributed by atoms with Crippen molar-refractivity contribution in [2.75, 3.05) is 5.32 Å². The van der Waals surface area contributed by atoms with E-state index < -0.39 is 6.23 Å². The average molecular weight is 552 g/mol. The van der Waals surface area contributed by atoms with Crippen molar-refractivity contribution in [3.63, 3.8) is 0 Å². The van der Waals surface area contributed by atoms with Gasteiger partial charge in [-0.05, 0) is 61.2 Å². The maximum atomic E-state index is 11.8. The fraction of sp³-hybridized carbons (Fsp3) is 0.233. The molecule has 0 amide bonds. The highest BCUT2D eigenvalue weighted by atomic mass is 32.1. The van der Waals surface area contributed by atoms with Crippen molar-refractivity contribution in [1.82, 2.24) is 30.1 Å². The van der Waals surface area contributed by atoms with Gasteiger partial charge in [0.05, 0.1) is 33.7 Å². The molecule has 0 aliphatic heterocycles. The van der Waals surface area contributed by atoms with Gasteiger partial charge in [-0.25, -0.2) is 9.97 Å². The highest BCUT2D eigenvalue weighted by Gasteiger charge is 2.19. The van der Waals surface area contributed by atoms with Crippen LogP contribution in [-0.2, 0) is 0 Å². The van der Waals surface area contributed by atoms with E-state index in [1.165, 1.54) is 11.3 Å². The fourth-order valence-electron chi connectivity index (χ4n) is 4.77. The maximum Gasteiger partial charge on any atom is 0.169 e. The van der Waals surface area contributed by atoms with Gasteiger partial charge in [0.25, 0.3) is 0 Å². The molecule has 6 heterocycles. The summed E-state index contributed by atoms with van der Waals surface area (Å²) in [5.74, 6) is 0.0544. The van der Waals surface area contributed by atoms with Gasteiger partial charge < -0.3 is 15.4 Å². The molecule has 6 rings (SSSR count). The second-order valence-electron chi connectivity index (χ2n) is 11.1. The second-order valence-corrected chi connectivity index (χ2v) is 12.2. The van der Waals surface area contributed by atoms with Gasteiger partial charge in [-0.15, -0.1) is 11.3 Å². The Morgan fingerprint density at radius 1 is 1.12 bits per heavy atom. The average Bonchev–Trinajstić information content (AvgIpc) is 3.65. The van der Waals surface area contributed by atoms with Crippen molar-refractivity contribution in [3.05, 3.63) is 65.9 Å². The number of nitrogens with zero attached hydrogens (tertiary/aromatic N) is 4. The first-order chi connectivity index (χ1) is 19.1. The Labute approximate surface area is 234 Å². The lowest BCUT2D eigenvalue weighted by Crippen LogP contribution is -2.25. The lowest BCUT2D eigenvalue weighted by atomic mass is 9.91. The van der Waals surface area contributed by atoms with E-state index in [1.807, 2.05) is 42.5 Å². The molecular formula is C30H29N7O2S. The number of nitrogens with one attached hydrogen (secondary N) is 3. The Bertz CT molecular complexity index is 1860. The van der Waals surface area contributed by atoms with E-state index in [0.29, 0.717) is 17.6 Å². The largest absolute Gasteiger partial charge is 0.374 e. The van der Waals surface area contributed by atoms with Crippen molar-refractivity contribution in [1.29, 1.82) is 0 Å². The number of Topliss-reactive ketones (excluding diaryl/α,β-unsaturated/α-hetero) is 1. The molecule has 0 saturated carbocycles. The predicted octanol–water partition coefficient (Wildman–Crippen LogP) is 6.66. The maximum absolute atomic E-state index is 11.8. The number of pyridine rings is 3. The monoisotopic (exact) mass is 551 g/mol. The number of H-pyrrole nitrogens is 2. The van der Waals surface area contributed by atoms with Crippen molar-refractivity contribution in [2.24, 2.45) is 5.41 Å². The molecule has 40 heavy (non-hydrogen) atoms. The summed E-state index contributed by atoms with van der Waals surface area (Å²) in [6, 6.07) is 13.6. The van der Waals surface area contributed by atoms with Gasteiger partial charge in [-0.1, -0.05) is 20.8 Å². The van der Waals surface area contributed by atoms with Crippen LogP contribution < -0.4 is 5.32 Å². The Balaban J connectivity index is 1.35. The molecule has 0 fully saturated rings. The minimum atomic E-state index is -0.684. The second kappa shape index (κ2) is 9.96. The number of ketones is 1. The standard InChI is InChI=1S/C30H29N7O2S/c1-16(38)24-7-8-25(40-24)19-9-10-32-29-20(19)12-23(35-29)28-27-22(36-37-28)6-5-21(34-27)17-11-18(15-31-14-17)33-26(39)13-30(2,3)4/h5-12,14-15,26,33,39H,13H2,1-4H3,(H,32,35)(H,36,37). The number of aliphatic hydroxyl groups excluding tert-OH is 1. The quantitative estimate of drug-likeness (QED) is 0.129. The third kappa shape index (κ3) is 5.11. The van der Waals surface area contributed by atoms with Gasteiger partial charge >= 0.3 is 0 Å². The van der Waals surface area contributed by atoms with Crippen LogP contribution in [-0.4, -0.2) is 47.3 Å². The lowest BCUT2D eigenvalue weighted by Gasteiger charge is -2.23. The molecular weight excluding hydrogens is 522 g/mol. The number of aromatic amines is 2. The molecule has 0 spiro atoms. The van der Waals surface area contributed by atoms with Crippen molar-refractivity contribution < 1.29 is 9.90 Å². The molecule has 1 atom stereocenters. The van der Waals surface area contributed by atoms with Crippen LogP contribution >= 0.6 is 11.3 Å². The van der Waals surface area contributed by atoms with E-state index in [9.17, 15) is 9.90 Å². The SMILES string of the molecule is CC(=O)c1ccc(-c2ccnc3[nH]c(-c4n[nH]c5ccc(-c6cncc(NC(O)CC(C)(C)C)c6)nc45)cc23)s1. The molecule has 0 aliphatic rings. The summed E-state index contributed by atoms with van der Waals surface area (Å²) in [6.07, 6.45) is 5.13. The molecule has 1 unspecified atom stereocenters. The molecule has 10 heteroatoms. The number of aliphatic hydroxyl groups is 1. The summed E-state index contributed by atoms with van der Waals surface area (Å²) in [7, 11) is 0. The predicted molar refractivity (Wildman–Crippen MR) is 159 cm³/mol. The van der Waals surface area contributed by atoms with Crippen LogP contribution in [0.2, 0.25) is 0 Å². The summed E-state index contributed by atoms with van der Waals surface area (Å²) in [4.78, 5) is 30.8. The summed E-state index contributed by atoms with van der Waals surface area (Å²) < 4.78 is 0. The number of carbonyl (C=O) groups is 1. The zero-order chi connectivity index (χ0) is 28.0. The topological polar surface area (TPSA) is 132 Å². The number of thiophene rings is 1. The van der Waals surface area contributed by atoms with Crippen LogP contribution in [0.15, 0.2) is 61.1 Å². The number of hydrogen-bond donors (Lipinski definition) is 4. The van der Waals surface area contributed by atoms with E-state index in [4.69, 9.17) is 4.98 Å². The molecule has 0 aliphatic carbocycles. The number of anilines is 1. The van der Waals surface area contributed by atoms with E-state index in [2.05, 4.69) is 51.2 Å². The van der Waals surface area contributed by atoms with Crippen LogP contribution in [0.4, 0.5) is 5.69 Å². The van der Waals surface area contributed by atoms with Crippen molar-refractivity contribution >= 4 is 44.9 Å². The highest BCUT2D eigenvalue weighted by Crippen LogP contribution is 2.36. The minimum Gasteiger partial charge on any atom is -0.374 e. The van der Waals surface area contributed by atoms with Gasteiger partial charge in [0, 0.05) is 33.8 Å². The van der Waals surface area contributed by atoms with Crippen LogP contribution in [0, 0.1) is 5.41 Å². The zero-order valence-corrected chi connectivity index (χ0v) is 23.4. The number of hydrogen-bond acceptors (Lipinski definition) is 8. The Hall–Kier alpha value is -4.41. The van der Waals surface area contributed by atoms with E-state index in [0.717, 1.165) is 54.5 Å². The smallest absolute Gasteiger partial charge is 0.169 e. The molecule has 9 nitrogen and oxygen atoms in total. The first-order valence-corrected chi connectivity index (χ1v) is 13.8. The molecule has 0 saturated heterocycles. The Kier molecular flexibility index (Phi) is 6.44. The number of carbonyl (C=O) groups excluding carboxylic acids is 1. The first-order valence-electron chi connectivity index (χ1n) is 13.0. The highest BCUT2D eigenvalue weighted by molar-refractivity contribution is 7.17. The molecule has 202 valence electrons. The minimum absolute atomic E-state index is 0.0120. The number of aromatic nitrogens is 6. The van der Waals surface area contributed by atoms with Crippen LogP contribution in [0.3, 0.4) is 0 Å². The van der Waals surface area contributed by atoms with Gasteiger partial charge in [0.1, 0.15) is 23.1 Å². The summed E-state index contributed by atoms with van der Waals surface area (Å²) >= 11 is 1.47. The van der Waals surface area contributed by atoms with E-state index in [1.54, 1.807) is 25.5 Å². The Morgan fingerprint density at radius 3 is 2.75 bits per heavy atom. The summed E-state index contributed by atoms with van der Waals surface area (Å²) in [6.45, 7) is 7.84. The number of rotatable bonds is 7. The summed E-state index contributed by atoms with van der Waals surface area (Å²) in [5, 5.41) is 22.2. The molecule has 0 aromatic carbocycles. The molecule has 6 aromatic heterocycles. The van der Waals surface area contributed by atoms with Gasteiger partial charge in [0.15, 0.2) is 5.78 Å². The third-order valence-corrected chi connectivity index (χ3v) is 7.81. The normalized spacial score (nSPS) is 12.7. The summed E-state index contributed by atoms with van der Waals surface area (Å²) in [5.41, 5.74) is 6.98. The number of fused-ring (bicyclic) bond motifs is 2. The fourth-order valence-corrected chi connectivity index (χ4v) is 5.71.